The Morgan fingerprint density at radius 1 is 1.59 bits per heavy atom. The fourth-order valence-electron chi connectivity index (χ4n) is 2.27. The van der Waals surface area contributed by atoms with Gasteiger partial charge in [-0.1, -0.05) is 18.3 Å². The number of hydrogen-bond acceptors (Lipinski definition) is 5. The molecule has 1 aromatic rings. The summed E-state index contributed by atoms with van der Waals surface area (Å²) in [5, 5.41) is 0.960. The molecule has 0 aromatic carbocycles. The van der Waals surface area contributed by atoms with Gasteiger partial charge in [-0.05, 0) is 19.4 Å². The van der Waals surface area contributed by atoms with Gasteiger partial charge in [-0.25, -0.2) is 4.98 Å². The maximum Gasteiger partial charge on any atom is 0.185 e. The lowest BCUT2D eigenvalue weighted by molar-refractivity contribution is 0.112. The summed E-state index contributed by atoms with van der Waals surface area (Å²) in [6, 6.07) is 0.559. The first-order valence-corrected chi connectivity index (χ1v) is 6.92. The van der Waals surface area contributed by atoms with Crippen LogP contribution in [0.5, 0.6) is 0 Å². The van der Waals surface area contributed by atoms with E-state index in [0.29, 0.717) is 10.9 Å². The van der Waals surface area contributed by atoms with E-state index < -0.39 is 0 Å². The summed E-state index contributed by atoms with van der Waals surface area (Å²) in [4.78, 5) is 20.4. The number of likely N-dealkylation sites (tertiary alicyclic amines) is 1. The van der Waals surface area contributed by atoms with E-state index >= 15 is 0 Å². The molecule has 0 atom stereocenters. The van der Waals surface area contributed by atoms with Crippen molar-refractivity contribution < 1.29 is 4.79 Å². The number of carbonyl (C=O) groups is 1. The Labute approximate surface area is 106 Å². The fourth-order valence-corrected chi connectivity index (χ4v) is 3.04. The maximum atomic E-state index is 10.6. The number of anilines is 1. The number of hydrogen-bond donors (Lipinski definition) is 0. The molecule has 1 aliphatic rings. The van der Waals surface area contributed by atoms with E-state index in [1.54, 1.807) is 6.20 Å². The van der Waals surface area contributed by atoms with Gasteiger partial charge in [0.2, 0.25) is 0 Å². The molecule has 2 heterocycles. The third-order valence-corrected chi connectivity index (χ3v) is 4.49. The van der Waals surface area contributed by atoms with E-state index in [9.17, 15) is 4.79 Å². The van der Waals surface area contributed by atoms with Crippen LogP contribution in [0.25, 0.3) is 0 Å². The summed E-state index contributed by atoms with van der Waals surface area (Å²) in [6.45, 7) is 5.68. The van der Waals surface area contributed by atoms with Crippen molar-refractivity contribution >= 4 is 22.8 Å². The zero-order valence-corrected chi connectivity index (χ0v) is 11.2. The predicted octanol–water partition coefficient (Wildman–Crippen LogP) is 1.88. The molecule has 0 spiro atoms. The van der Waals surface area contributed by atoms with Gasteiger partial charge in [0, 0.05) is 26.2 Å². The van der Waals surface area contributed by atoms with E-state index in [2.05, 4.69) is 28.8 Å². The lowest BCUT2D eigenvalue weighted by Crippen LogP contribution is -2.43. The van der Waals surface area contributed by atoms with Crippen LogP contribution in [0.15, 0.2) is 6.20 Å². The van der Waals surface area contributed by atoms with Gasteiger partial charge in [-0.15, -0.1) is 0 Å². The largest absolute Gasteiger partial charge is 0.348 e. The van der Waals surface area contributed by atoms with Crippen molar-refractivity contribution in [1.29, 1.82) is 0 Å². The van der Waals surface area contributed by atoms with Crippen LogP contribution in [0.1, 0.15) is 29.4 Å². The molecular formula is C12H19N3OS. The molecule has 0 aliphatic carbocycles. The monoisotopic (exact) mass is 253 g/mol. The normalized spacial score (nSPS) is 18.2. The maximum absolute atomic E-state index is 10.6. The number of rotatable bonds is 4. The van der Waals surface area contributed by atoms with Crippen molar-refractivity contribution in [3.05, 3.63) is 11.1 Å². The number of aromatic nitrogens is 1. The lowest BCUT2D eigenvalue weighted by Gasteiger charge is -2.36. The molecule has 0 N–H and O–H groups in total. The summed E-state index contributed by atoms with van der Waals surface area (Å²) in [5.74, 6) is 0. The van der Waals surface area contributed by atoms with E-state index in [4.69, 9.17) is 0 Å². The lowest BCUT2D eigenvalue weighted by atomic mass is 10.0. The molecule has 17 heavy (non-hydrogen) atoms. The van der Waals surface area contributed by atoms with E-state index in [-0.39, 0.29) is 0 Å². The third kappa shape index (κ3) is 2.84. The summed E-state index contributed by atoms with van der Waals surface area (Å²) in [5.41, 5.74) is 0. The van der Waals surface area contributed by atoms with Crippen LogP contribution in [0.2, 0.25) is 0 Å². The summed E-state index contributed by atoms with van der Waals surface area (Å²) in [7, 11) is 2.08. The molecule has 2 rings (SSSR count). The summed E-state index contributed by atoms with van der Waals surface area (Å²) in [6.07, 6.45) is 4.89. The van der Waals surface area contributed by atoms with Crippen LogP contribution in [0.3, 0.4) is 0 Å². The standard InChI is InChI=1S/C12H19N3OS/c1-3-15-6-4-10(5-7-15)14(2)12-13-8-11(9-16)17-12/h8-10H,3-7H2,1-2H3. The van der Waals surface area contributed by atoms with Crippen molar-refractivity contribution in [2.45, 2.75) is 25.8 Å². The second-order valence-electron chi connectivity index (χ2n) is 4.44. The average Bonchev–Trinajstić information content (AvgIpc) is 2.87. The first-order valence-electron chi connectivity index (χ1n) is 6.10. The Kier molecular flexibility index (Phi) is 4.12. The van der Waals surface area contributed by atoms with E-state index in [0.717, 1.165) is 31.1 Å². The van der Waals surface area contributed by atoms with Crippen molar-refractivity contribution in [3.63, 3.8) is 0 Å². The molecule has 0 saturated carbocycles. The number of aldehydes is 1. The SMILES string of the molecule is CCN1CCC(N(C)c2ncc(C=O)s2)CC1. The van der Waals surface area contributed by atoms with Crippen LogP contribution >= 0.6 is 11.3 Å². The molecule has 0 bridgehead atoms. The first kappa shape index (κ1) is 12.5. The Bertz CT molecular complexity index is 372. The Morgan fingerprint density at radius 2 is 2.29 bits per heavy atom. The van der Waals surface area contributed by atoms with Gasteiger partial charge < -0.3 is 9.80 Å². The zero-order valence-electron chi connectivity index (χ0n) is 10.4. The van der Waals surface area contributed by atoms with Crippen molar-refractivity contribution in [2.24, 2.45) is 0 Å². The minimum absolute atomic E-state index is 0.559. The van der Waals surface area contributed by atoms with Crippen LogP contribution < -0.4 is 4.90 Å². The van der Waals surface area contributed by atoms with E-state index in [1.165, 1.54) is 24.2 Å². The summed E-state index contributed by atoms with van der Waals surface area (Å²) < 4.78 is 0. The number of piperidine rings is 1. The Hall–Kier alpha value is -0.940. The van der Waals surface area contributed by atoms with Gasteiger partial charge >= 0.3 is 0 Å². The molecule has 1 fully saturated rings. The Morgan fingerprint density at radius 3 is 2.82 bits per heavy atom. The second-order valence-corrected chi connectivity index (χ2v) is 5.48. The summed E-state index contributed by atoms with van der Waals surface area (Å²) >= 11 is 1.47. The van der Waals surface area contributed by atoms with Crippen LogP contribution in [-0.2, 0) is 0 Å². The molecular weight excluding hydrogens is 234 g/mol. The predicted molar refractivity (Wildman–Crippen MR) is 71.0 cm³/mol. The van der Waals surface area contributed by atoms with Crippen LogP contribution in [0.4, 0.5) is 5.13 Å². The highest BCUT2D eigenvalue weighted by molar-refractivity contribution is 7.17. The number of thiazole rings is 1. The highest BCUT2D eigenvalue weighted by Crippen LogP contribution is 2.25. The number of carbonyl (C=O) groups excluding carboxylic acids is 1. The van der Waals surface area contributed by atoms with Gasteiger partial charge in [0.05, 0.1) is 11.1 Å². The molecule has 1 saturated heterocycles. The van der Waals surface area contributed by atoms with Crippen molar-refractivity contribution in [2.75, 3.05) is 31.6 Å². The number of nitrogens with zero attached hydrogens (tertiary/aromatic N) is 3. The minimum atomic E-state index is 0.559. The zero-order chi connectivity index (χ0) is 12.3. The topological polar surface area (TPSA) is 36.4 Å². The fraction of sp³-hybridized carbons (Fsp3) is 0.667. The van der Waals surface area contributed by atoms with Gasteiger partial charge in [-0.3, -0.25) is 4.79 Å². The highest BCUT2D eigenvalue weighted by atomic mass is 32.1. The molecule has 4 nitrogen and oxygen atoms in total. The van der Waals surface area contributed by atoms with Crippen LogP contribution in [0, 0.1) is 0 Å². The molecule has 0 radical (unpaired) electrons. The average molecular weight is 253 g/mol. The van der Waals surface area contributed by atoms with E-state index in [1.807, 2.05) is 0 Å². The van der Waals surface area contributed by atoms with Crippen molar-refractivity contribution in [1.82, 2.24) is 9.88 Å². The molecule has 1 aromatic heterocycles. The molecule has 5 heteroatoms. The first-order chi connectivity index (χ1) is 8.24. The van der Waals surface area contributed by atoms with Crippen LogP contribution in [-0.4, -0.2) is 48.9 Å². The third-order valence-electron chi connectivity index (χ3n) is 3.48. The highest BCUT2D eigenvalue weighted by Gasteiger charge is 2.23. The second kappa shape index (κ2) is 5.60. The molecule has 0 amide bonds. The Balaban J connectivity index is 1.96. The molecule has 94 valence electrons. The van der Waals surface area contributed by atoms with Gasteiger partial charge in [0.15, 0.2) is 11.4 Å². The quantitative estimate of drug-likeness (QED) is 0.768. The molecule has 1 aliphatic heterocycles. The smallest absolute Gasteiger partial charge is 0.185 e. The minimum Gasteiger partial charge on any atom is -0.348 e. The van der Waals surface area contributed by atoms with Gasteiger partial charge in [0.1, 0.15) is 0 Å². The molecule has 0 unspecified atom stereocenters. The van der Waals surface area contributed by atoms with Crippen molar-refractivity contribution in [3.8, 4) is 0 Å². The van der Waals surface area contributed by atoms with Gasteiger partial charge in [-0.2, -0.15) is 0 Å². The van der Waals surface area contributed by atoms with Gasteiger partial charge in [0.25, 0.3) is 0 Å².